The summed E-state index contributed by atoms with van der Waals surface area (Å²) in [5.74, 6) is -0.298. The van der Waals surface area contributed by atoms with Crippen LogP contribution < -0.4 is 0 Å². The Hall–Kier alpha value is -1.33. The van der Waals surface area contributed by atoms with Crippen molar-refractivity contribution in [1.82, 2.24) is 4.90 Å². The van der Waals surface area contributed by atoms with Gasteiger partial charge in [-0.15, -0.1) is 6.58 Å². The molecular formula is C11H13N3O3S2. The van der Waals surface area contributed by atoms with Crippen LogP contribution in [0.2, 0.25) is 0 Å². The van der Waals surface area contributed by atoms with E-state index in [4.69, 9.17) is 5.26 Å². The minimum Gasteiger partial charge on any atom is -0.342 e. The van der Waals surface area contributed by atoms with E-state index in [9.17, 15) is 13.2 Å². The van der Waals surface area contributed by atoms with Crippen molar-refractivity contribution in [3.8, 4) is 6.07 Å². The predicted octanol–water partition coefficient (Wildman–Crippen LogP) is 0.183. The highest BCUT2D eigenvalue weighted by Crippen LogP contribution is 2.37. The summed E-state index contributed by atoms with van der Waals surface area (Å²) in [5.41, 5.74) is 0. The smallest absolute Gasteiger partial charge is 0.262 e. The molecule has 102 valence electrons. The van der Waals surface area contributed by atoms with Gasteiger partial charge in [0.05, 0.1) is 23.6 Å². The molecule has 1 amide bonds. The summed E-state index contributed by atoms with van der Waals surface area (Å²) in [7, 11) is -3.01. The Labute approximate surface area is 116 Å². The highest BCUT2D eigenvalue weighted by molar-refractivity contribution is 8.15. The average Bonchev–Trinajstić information content (AvgIpc) is 2.74. The van der Waals surface area contributed by atoms with E-state index < -0.39 is 15.7 Å². The highest BCUT2D eigenvalue weighted by atomic mass is 32.2. The van der Waals surface area contributed by atoms with Crippen LogP contribution in [-0.2, 0) is 14.6 Å². The monoisotopic (exact) mass is 299 g/mol. The van der Waals surface area contributed by atoms with Crippen LogP contribution in [0.1, 0.15) is 6.42 Å². The van der Waals surface area contributed by atoms with Gasteiger partial charge in [0.25, 0.3) is 5.91 Å². The minimum absolute atomic E-state index is 0.0846. The second-order valence-corrected chi connectivity index (χ2v) is 7.72. The van der Waals surface area contributed by atoms with Crippen LogP contribution in [0.3, 0.4) is 0 Å². The number of hydrogen-bond donors (Lipinski definition) is 0. The fourth-order valence-electron chi connectivity index (χ4n) is 2.20. The van der Waals surface area contributed by atoms with Gasteiger partial charge in [0.15, 0.2) is 15.0 Å². The number of fused-ring (bicyclic) bond motifs is 1. The molecule has 0 N–H and O–H groups in total. The van der Waals surface area contributed by atoms with Crippen molar-refractivity contribution in [2.24, 2.45) is 4.99 Å². The summed E-state index contributed by atoms with van der Waals surface area (Å²) in [5, 5.41) is 8.87. The number of amidine groups is 1. The summed E-state index contributed by atoms with van der Waals surface area (Å²) in [6.07, 6.45) is 1.39. The Morgan fingerprint density at radius 3 is 3.00 bits per heavy atom. The number of thioether (sulfide) groups is 1. The molecule has 0 bridgehead atoms. The first-order chi connectivity index (χ1) is 8.96. The molecule has 2 saturated heterocycles. The molecule has 6 nitrogen and oxygen atoms in total. The molecule has 2 unspecified atom stereocenters. The second kappa shape index (κ2) is 5.35. The van der Waals surface area contributed by atoms with Gasteiger partial charge in [-0.05, 0) is 0 Å². The van der Waals surface area contributed by atoms with E-state index in [-0.39, 0.29) is 29.2 Å². The van der Waals surface area contributed by atoms with E-state index in [1.54, 1.807) is 17.0 Å². The largest absolute Gasteiger partial charge is 0.342 e. The van der Waals surface area contributed by atoms with Crippen molar-refractivity contribution in [3.05, 3.63) is 12.7 Å². The van der Waals surface area contributed by atoms with E-state index in [1.807, 2.05) is 0 Å². The zero-order valence-electron chi connectivity index (χ0n) is 10.2. The molecule has 2 atom stereocenters. The van der Waals surface area contributed by atoms with Crippen molar-refractivity contribution < 1.29 is 13.2 Å². The molecule has 2 fully saturated rings. The molecule has 0 aromatic rings. The molecule has 0 spiro atoms. The molecule has 0 aromatic carbocycles. The summed E-state index contributed by atoms with van der Waals surface area (Å²) in [6.45, 7) is 4.08. The van der Waals surface area contributed by atoms with Crippen molar-refractivity contribution >= 4 is 32.7 Å². The molecule has 0 radical (unpaired) electrons. The summed E-state index contributed by atoms with van der Waals surface area (Å²) in [4.78, 5) is 17.1. The van der Waals surface area contributed by atoms with E-state index >= 15 is 0 Å². The van der Waals surface area contributed by atoms with Crippen LogP contribution >= 0.6 is 11.8 Å². The quantitative estimate of drug-likeness (QED) is 0.691. The molecule has 0 aromatic heterocycles. The predicted molar refractivity (Wildman–Crippen MR) is 73.4 cm³/mol. The molecule has 2 rings (SSSR count). The lowest BCUT2D eigenvalue weighted by atomic mass is 10.2. The first-order valence-corrected chi connectivity index (χ1v) is 8.40. The van der Waals surface area contributed by atoms with Crippen LogP contribution in [0.4, 0.5) is 0 Å². The Balaban J connectivity index is 2.22. The molecule has 8 heteroatoms. The number of nitriles is 1. The number of hydrogen-bond acceptors (Lipinski definition) is 5. The van der Waals surface area contributed by atoms with Crippen LogP contribution in [-0.4, -0.2) is 53.7 Å². The average molecular weight is 299 g/mol. The van der Waals surface area contributed by atoms with Gasteiger partial charge in [-0.25, -0.2) is 8.42 Å². The van der Waals surface area contributed by atoms with Crippen LogP contribution in [0.5, 0.6) is 0 Å². The van der Waals surface area contributed by atoms with Crippen molar-refractivity contribution in [2.45, 2.75) is 17.7 Å². The second-order valence-electron chi connectivity index (χ2n) is 4.36. The Morgan fingerprint density at radius 1 is 1.63 bits per heavy atom. The number of carbonyl (C=O) groups is 1. The lowest BCUT2D eigenvalue weighted by Gasteiger charge is -2.22. The number of sulfone groups is 1. The van der Waals surface area contributed by atoms with E-state index in [0.29, 0.717) is 11.7 Å². The Kier molecular flexibility index (Phi) is 3.96. The lowest BCUT2D eigenvalue weighted by molar-refractivity contribution is -0.116. The van der Waals surface area contributed by atoms with Gasteiger partial charge in [-0.3, -0.25) is 4.79 Å². The van der Waals surface area contributed by atoms with Crippen molar-refractivity contribution in [1.29, 1.82) is 5.26 Å². The van der Waals surface area contributed by atoms with Crippen molar-refractivity contribution in [2.75, 3.05) is 18.1 Å². The third-order valence-electron chi connectivity index (χ3n) is 2.95. The molecule has 19 heavy (non-hydrogen) atoms. The molecule has 2 aliphatic rings. The lowest BCUT2D eigenvalue weighted by Crippen LogP contribution is -2.37. The number of aliphatic imine (C=N–C) groups is 1. The van der Waals surface area contributed by atoms with Crippen molar-refractivity contribution in [3.63, 3.8) is 0 Å². The summed E-state index contributed by atoms with van der Waals surface area (Å²) >= 11 is 1.30. The van der Waals surface area contributed by atoms with Gasteiger partial charge in [0, 0.05) is 11.8 Å². The van der Waals surface area contributed by atoms with Gasteiger partial charge >= 0.3 is 0 Å². The topological polar surface area (TPSA) is 90.6 Å². The molecule has 2 aliphatic heterocycles. The molecular weight excluding hydrogens is 286 g/mol. The zero-order chi connectivity index (χ0) is 14.0. The number of rotatable bonds is 3. The van der Waals surface area contributed by atoms with E-state index in [0.717, 1.165) is 0 Å². The third-order valence-corrected chi connectivity index (χ3v) is 6.20. The van der Waals surface area contributed by atoms with Gasteiger partial charge in [0.2, 0.25) is 0 Å². The van der Waals surface area contributed by atoms with Crippen LogP contribution in [0.25, 0.3) is 0 Å². The minimum atomic E-state index is -3.01. The van der Waals surface area contributed by atoms with Gasteiger partial charge < -0.3 is 4.90 Å². The first kappa shape index (κ1) is 14.1. The Bertz CT molecular complexity index is 576. The SMILES string of the molecule is C=CCN1C(=NC(=O)CC#N)SC2CS(=O)(=O)CC21. The summed E-state index contributed by atoms with van der Waals surface area (Å²) in [6, 6.07) is 1.60. The maximum absolute atomic E-state index is 11.6. The fourth-order valence-corrected chi connectivity index (χ4v) is 6.18. The Morgan fingerprint density at radius 2 is 2.37 bits per heavy atom. The number of nitrogens with zero attached hydrogens (tertiary/aromatic N) is 3. The standard InChI is InChI=1S/C11H13N3O3S2/c1-2-5-14-8-6-19(16,17)7-9(8)18-11(14)13-10(15)3-4-12/h2,8-9H,1,3,5-7H2. The van der Waals surface area contributed by atoms with Gasteiger partial charge in [0.1, 0.15) is 6.42 Å². The van der Waals surface area contributed by atoms with E-state index in [2.05, 4.69) is 11.6 Å². The van der Waals surface area contributed by atoms with Gasteiger partial charge in [-0.2, -0.15) is 10.3 Å². The van der Waals surface area contributed by atoms with E-state index in [1.165, 1.54) is 11.8 Å². The molecule has 0 aliphatic carbocycles. The number of amides is 1. The van der Waals surface area contributed by atoms with Crippen LogP contribution in [0, 0.1) is 11.3 Å². The molecule has 2 heterocycles. The zero-order valence-corrected chi connectivity index (χ0v) is 11.8. The fraction of sp³-hybridized carbons (Fsp3) is 0.545. The van der Waals surface area contributed by atoms with Gasteiger partial charge in [-0.1, -0.05) is 17.8 Å². The maximum atomic E-state index is 11.6. The van der Waals surface area contributed by atoms with Crippen LogP contribution in [0.15, 0.2) is 17.6 Å². The highest BCUT2D eigenvalue weighted by Gasteiger charge is 2.48. The normalized spacial score (nSPS) is 30.1. The summed E-state index contributed by atoms with van der Waals surface area (Å²) < 4.78 is 23.2. The maximum Gasteiger partial charge on any atom is 0.262 e. The number of carbonyl (C=O) groups excluding carboxylic acids is 1. The first-order valence-electron chi connectivity index (χ1n) is 5.70. The molecule has 0 saturated carbocycles. The third kappa shape index (κ3) is 2.98.